The van der Waals surface area contributed by atoms with E-state index >= 15 is 0 Å². The number of carbonyl (C=O) groups excluding carboxylic acids is 1. The van der Waals surface area contributed by atoms with E-state index in [4.69, 9.17) is 4.74 Å². The quantitative estimate of drug-likeness (QED) is 0.813. The van der Waals surface area contributed by atoms with Crippen LogP contribution >= 0.6 is 0 Å². The molecule has 7 nitrogen and oxygen atoms in total. The van der Waals surface area contributed by atoms with Gasteiger partial charge in [-0.15, -0.1) is 0 Å². The topological polar surface area (TPSA) is 87.3 Å². The van der Waals surface area contributed by atoms with Gasteiger partial charge in [-0.25, -0.2) is 4.98 Å². The van der Waals surface area contributed by atoms with Crippen LogP contribution in [0.5, 0.6) is 0 Å². The highest BCUT2D eigenvalue weighted by Crippen LogP contribution is 2.13. The second-order valence-electron chi connectivity index (χ2n) is 6.66. The molecule has 2 N–H and O–H groups in total. The standard InChI is InChI=1S/C20H26N4O3/c1-3-15-5-4-6-16(13-15)22-18(25)8-7-17-14(2)21-20(23-19(17)26)24-9-11-27-12-10-24/h4-6,13H,3,7-12H2,1-2H3,(H,22,25)(H,21,23,26). The van der Waals surface area contributed by atoms with E-state index in [2.05, 4.69) is 22.2 Å². The summed E-state index contributed by atoms with van der Waals surface area (Å²) in [5, 5.41) is 2.90. The summed E-state index contributed by atoms with van der Waals surface area (Å²) in [6.45, 7) is 6.57. The second kappa shape index (κ2) is 8.81. The Bertz CT molecular complexity index is 857. The van der Waals surface area contributed by atoms with Crippen LogP contribution in [0.4, 0.5) is 11.6 Å². The number of nitrogens with one attached hydrogen (secondary N) is 2. The van der Waals surface area contributed by atoms with Crippen molar-refractivity contribution >= 4 is 17.5 Å². The van der Waals surface area contributed by atoms with Gasteiger partial charge in [0.25, 0.3) is 5.56 Å². The zero-order valence-corrected chi connectivity index (χ0v) is 15.9. The number of nitrogens with zero attached hydrogens (tertiary/aromatic N) is 2. The third kappa shape index (κ3) is 4.95. The lowest BCUT2D eigenvalue weighted by Crippen LogP contribution is -2.38. The van der Waals surface area contributed by atoms with Crippen molar-refractivity contribution in [1.29, 1.82) is 0 Å². The fourth-order valence-corrected chi connectivity index (χ4v) is 3.15. The molecule has 1 aliphatic heterocycles. The van der Waals surface area contributed by atoms with Crippen LogP contribution in [-0.4, -0.2) is 42.2 Å². The van der Waals surface area contributed by atoms with Gasteiger partial charge < -0.3 is 15.0 Å². The van der Waals surface area contributed by atoms with E-state index < -0.39 is 0 Å². The van der Waals surface area contributed by atoms with Gasteiger partial charge in [0.2, 0.25) is 11.9 Å². The highest BCUT2D eigenvalue weighted by molar-refractivity contribution is 5.90. The summed E-state index contributed by atoms with van der Waals surface area (Å²) in [4.78, 5) is 34.1. The van der Waals surface area contributed by atoms with E-state index in [0.29, 0.717) is 49.9 Å². The molecular weight excluding hydrogens is 344 g/mol. The van der Waals surface area contributed by atoms with Gasteiger partial charge in [0, 0.05) is 36.5 Å². The molecule has 0 spiro atoms. The minimum absolute atomic E-state index is 0.112. The van der Waals surface area contributed by atoms with Crippen LogP contribution in [0, 0.1) is 6.92 Å². The van der Waals surface area contributed by atoms with Gasteiger partial charge in [-0.1, -0.05) is 19.1 Å². The number of ether oxygens (including phenoxy) is 1. The Morgan fingerprint density at radius 2 is 2.11 bits per heavy atom. The minimum Gasteiger partial charge on any atom is -0.378 e. The summed E-state index contributed by atoms with van der Waals surface area (Å²) in [6, 6.07) is 7.79. The molecule has 27 heavy (non-hydrogen) atoms. The van der Waals surface area contributed by atoms with E-state index in [9.17, 15) is 9.59 Å². The number of hydrogen-bond donors (Lipinski definition) is 2. The summed E-state index contributed by atoms with van der Waals surface area (Å²) in [7, 11) is 0. The van der Waals surface area contributed by atoms with Gasteiger partial charge in [0.05, 0.1) is 13.2 Å². The highest BCUT2D eigenvalue weighted by Gasteiger charge is 2.16. The first-order valence-corrected chi connectivity index (χ1v) is 9.38. The minimum atomic E-state index is -0.176. The molecule has 2 heterocycles. The fraction of sp³-hybridized carbons (Fsp3) is 0.450. The van der Waals surface area contributed by atoms with Crippen molar-refractivity contribution in [2.45, 2.75) is 33.1 Å². The third-order valence-corrected chi connectivity index (χ3v) is 4.74. The molecule has 1 aliphatic rings. The van der Waals surface area contributed by atoms with E-state index in [1.165, 1.54) is 5.56 Å². The lowest BCUT2D eigenvalue weighted by atomic mass is 10.1. The summed E-state index contributed by atoms with van der Waals surface area (Å²) in [6.07, 6.45) is 1.51. The van der Waals surface area contributed by atoms with Crippen LogP contribution in [0.1, 0.15) is 30.2 Å². The van der Waals surface area contributed by atoms with Crippen LogP contribution < -0.4 is 15.8 Å². The summed E-state index contributed by atoms with van der Waals surface area (Å²) < 4.78 is 5.33. The number of benzene rings is 1. The molecule has 1 amide bonds. The first-order chi connectivity index (χ1) is 13.1. The Hall–Kier alpha value is -2.67. The average molecular weight is 370 g/mol. The summed E-state index contributed by atoms with van der Waals surface area (Å²) in [5.74, 6) is 0.463. The van der Waals surface area contributed by atoms with E-state index in [1.54, 1.807) is 0 Å². The fourth-order valence-electron chi connectivity index (χ4n) is 3.15. The van der Waals surface area contributed by atoms with Crippen molar-refractivity contribution in [2.75, 3.05) is 36.5 Å². The number of amides is 1. The number of aryl methyl sites for hydroxylation is 2. The van der Waals surface area contributed by atoms with E-state index in [0.717, 1.165) is 12.1 Å². The smallest absolute Gasteiger partial charge is 0.255 e. The van der Waals surface area contributed by atoms with Crippen molar-refractivity contribution in [3.05, 3.63) is 51.4 Å². The number of rotatable bonds is 6. The number of H-pyrrole nitrogens is 1. The van der Waals surface area contributed by atoms with E-state index in [-0.39, 0.29) is 17.9 Å². The first kappa shape index (κ1) is 19.1. The number of aromatic nitrogens is 2. The monoisotopic (exact) mass is 370 g/mol. The molecule has 1 saturated heterocycles. The molecule has 1 aromatic carbocycles. The largest absolute Gasteiger partial charge is 0.378 e. The Balaban J connectivity index is 1.63. The average Bonchev–Trinajstić information content (AvgIpc) is 2.68. The molecule has 0 radical (unpaired) electrons. The molecule has 7 heteroatoms. The van der Waals surface area contributed by atoms with Crippen LogP contribution in [0.15, 0.2) is 29.1 Å². The number of aromatic amines is 1. The SMILES string of the molecule is CCc1cccc(NC(=O)CCc2c(C)nc(N3CCOCC3)[nH]c2=O)c1. The first-order valence-electron chi connectivity index (χ1n) is 9.38. The van der Waals surface area contributed by atoms with Crippen LogP contribution in [0.2, 0.25) is 0 Å². The molecule has 1 aromatic heterocycles. The maximum absolute atomic E-state index is 12.5. The Kier molecular flexibility index (Phi) is 6.24. The third-order valence-electron chi connectivity index (χ3n) is 4.74. The van der Waals surface area contributed by atoms with Crippen molar-refractivity contribution < 1.29 is 9.53 Å². The highest BCUT2D eigenvalue weighted by atomic mass is 16.5. The van der Waals surface area contributed by atoms with E-state index in [1.807, 2.05) is 36.1 Å². The van der Waals surface area contributed by atoms with Crippen molar-refractivity contribution in [3.63, 3.8) is 0 Å². The summed E-state index contributed by atoms with van der Waals surface area (Å²) in [5.41, 5.74) is 3.00. The molecule has 0 unspecified atom stereocenters. The molecule has 144 valence electrons. The predicted octanol–water partition coefficient (Wildman–Crippen LogP) is 2.05. The maximum Gasteiger partial charge on any atom is 0.255 e. The van der Waals surface area contributed by atoms with Gasteiger partial charge in [-0.05, 0) is 37.5 Å². The van der Waals surface area contributed by atoms with Crippen LogP contribution in [0.25, 0.3) is 0 Å². The predicted molar refractivity (Wildman–Crippen MR) is 105 cm³/mol. The molecule has 0 aliphatic carbocycles. The lowest BCUT2D eigenvalue weighted by molar-refractivity contribution is -0.116. The normalized spacial score (nSPS) is 14.2. The number of hydrogen-bond acceptors (Lipinski definition) is 5. The number of morpholine rings is 1. The molecule has 2 aromatic rings. The molecule has 0 saturated carbocycles. The molecule has 0 bridgehead atoms. The van der Waals surface area contributed by atoms with Gasteiger partial charge in [0.1, 0.15) is 0 Å². The van der Waals surface area contributed by atoms with Gasteiger partial charge in [-0.3, -0.25) is 14.6 Å². The maximum atomic E-state index is 12.5. The Morgan fingerprint density at radius 3 is 2.81 bits per heavy atom. The second-order valence-corrected chi connectivity index (χ2v) is 6.66. The van der Waals surface area contributed by atoms with Crippen molar-refractivity contribution in [2.24, 2.45) is 0 Å². The van der Waals surface area contributed by atoms with Crippen molar-refractivity contribution in [1.82, 2.24) is 9.97 Å². The van der Waals surface area contributed by atoms with Gasteiger partial charge in [-0.2, -0.15) is 0 Å². The zero-order chi connectivity index (χ0) is 19.2. The van der Waals surface area contributed by atoms with Crippen molar-refractivity contribution in [3.8, 4) is 0 Å². The van der Waals surface area contributed by atoms with Gasteiger partial charge in [0.15, 0.2) is 0 Å². The van der Waals surface area contributed by atoms with Crippen LogP contribution in [-0.2, 0) is 22.4 Å². The van der Waals surface area contributed by atoms with Gasteiger partial charge >= 0.3 is 0 Å². The Morgan fingerprint density at radius 1 is 1.33 bits per heavy atom. The zero-order valence-electron chi connectivity index (χ0n) is 15.9. The molecule has 3 rings (SSSR count). The Labute approximate surface area is 158 Å². The lowest BCUT2D eigenvalue weighted by Gasteiger charge is -2.27. The molecule has 1 fully saturated rings. The van der Waals surface area contributed by atoms with Crippen LogP contribution in [0.3, 0.4) is 0 Å². The molecular formula is C20H26N4O3. The molecule has 0 atom stereocenters. The number of anilines is 2. The summed E-state index contributed by atoms with van der Waals surface area (Å²) >= 11 is 0. The number of carbonyl (C=O) groups is 1.